The van der Waals surface area contributed by atoms with Crippen LogP contribution >= 0.6 is 11.3 Å². The molecule has 0 amide bonds. The van der Waals surface area contributed by atoms with Gasteiger partial charge in [0.1, 0.15) is 6.67 Å². The van der Waals surface area contributed by atoms with Crippen LogP contribution in [0.5, 0.6) is 0 Å². The Morgan fingerprint density at radius 3 is 3.20 bits per heavy atom. The molecule has 2 N–H and O–H groups in total. The zero-order chi connectivity index (χ0) is 10.7. The van der Waals surface area contributed by atoms with Crippen LogP contribution in [0.15, 0.2) is 23.7 Å². The molecule has 3 nitrogen and oxygen atoms in total. The summed E-state index contributed by atoms with van der Waals surface area (Å²) in [7, 11) is 0. The number of aliphatic hydroxyl groups excluding tert-OH is 1. The molecule has 1 aromatic heterocycles. The van der Waals surface area contributed by atoms with Gasteiger partial charge in [0.15, 0.2) is 0 Å². The maximum absolute atomic E-state index is 12.0. The summed E-state index contributed by atoms with van der Waals surface area (Å²) < 4.78 is 13.1. The van der Waals surface area contributed by atoms with Crippen molar-refractivity contribution in [3.8, 4) is 0 Å². The monoisotopic (exact) mass is 226 g/mol. The lowest BCUT2D eigenvalue weighted by molar-refractivity contribution is 0.151. The molecule has 2 aromatic rings. The number of nitrogens with one attached hydrogen (secondary N) is 1. The minimum absolute atomic E-state index is 0.223. The van der Waals surface area contributed by atoms with Gasteiger partial charge in [0, 0.05) is 12.2 Å². The van der Waals surface area contributed by atoms with Crippen LogP contribution in [0.25, 0.3) is 10.2 Å². The van der Waals surface area contributed by atoms with Gasteiger partial charge in [-0.25, -0.2) is 9.37 Å². The van der Waals surface area contributed by atoms with Crippen LogP contribution in [-0.2, 0) is 0 Å². The van der Waals surface area contributed by atoms with E-state index in [9.17, 15) is 4.39 Å². The molecular formula is C10H11FN2OS. The fraction of sp³-hybridized carbons (Fsp3) is 0.300. The summed E-state index contributed by atoms with van der Waals surface area (Å²) in [6.45, 7) is -0.503. The van der Waals surface area contributed by atoms with Gasteiger partial charge in [0.25, 0.3) is 0 Å². The van der Waals surface area contributed by atoms with Crippen molar-refractivity contribution >= 4 is 27.2 Å². The summed E-state index contributed by atoms with van der Waals surface area (Å²) in [6, 6.07) is 5.71. The van der Waals surface area contributed by atoms with Crippen molar-refractivity contribution in [1.82, 2.24) is 4.98 Å². The number of fused-ring (bicyclic) bond motifs is 1. The zero-order valence-electron chi connectivity index (χ0n) is 7.98. The van der Waals surface area contributed by atoms with Gasteiger partial charge in [-0.3, -0.25) is 0 Å². The molecule has 0 radical (unpaired) electrons. The molecule has 15 heavy (non-hydrogen) atoms. The third-order valence-electron chi connectivity index (χ3n) is 2.05. The quantitative estimate of drug-likeness (QED) is 0.838. The fourth-order valence-electron chi connectivity index (χ4n) is 1.26. The van der Waals surface area contributed by atoms with Gasteiger partial charge in [0.2, 0.25) is 0 Å². The Hall–Kier alpha value is -1.20. The molecule has 1 atom stereocenters. The number of rotatable bonds is 4. The second-order valence-electron chi connectivity index (χ2n) is 3.22. The minimum atomic E-state index is -0.942. The summed E-state index contributed by atoms with van der Waals surface area (Å²) >= 11 is 1.55. The third-order valence-corrected chi connectivity index (χ3v) is 2.84. The van der Waals surface area contributed by atoms with E-state index >= 15 is 0 Å². The van der Waals surface area contributed by atoms with E-state index in [4.69, 9.17) is 5.11 Å². The number of anilines is 1. The summed E-state index contributed by atoms with van der Waals surface area (Å²) in [6.07, 6.45) is -0.942. The van der Waals surface area contributed by atoms with Crippen molar-refractivity contribution in [1.29, 1.82) is 0 Å². The van der Waals surface area contributed by atoms with E-state index in [0.29, 0.717) is 0 Å². The SMILES string of the molecule is OC(CF)CNc1ccc2ncsc2c1. The standard InChI is InChI=1S/C10H11FN2OS/c11-4-8(14)5-12-7-1-2-9-10(3-7)15-6-13-9/h1-3,6,8,12,14H,4-5H2. The van der Waals surface area contributed by atoms with Gasteiger partial charge in [-0.1, -0.05) is 0 Å². The number of alkyl halides is 1. The third kappa shape index (κ3) is 2.43. The Bertz CT molecular complexity index is 446. The summed E-state index contributed by atoms with van der Waals surface area (Å²) in [5.74, 6) is 0. The average molecular weight is 226 g/mol. The molecule has 0 bridgehead atoms. The highest BCUT2D eigenvalue weighted by molar-refractivity contribution is 7.16. The van der Waals surface area contributed by atoms with Crippen molar-refractivity contribution < 1.29 is 9.50 Å². The van der Waals surface area contributed by atoms with Gasteiger partial charge >= 0.3 is 0 Å². The maximum Gasteiger partial charge on any atom is 0.117 e. The van der Waals surface area contributed by atoms with Gasteiger partial charge in [-0.15, -0.1) is 11.3 Å². The summed E-state index contributed by atoms with van der Waals surface area (Å²) in [5.41, 5.74) is 3.61. The first-order chi connectivity index (χ1) is 7.29. The van der Waals surface area contributed by atoms with Gasteiger partial charge < -0.3 is 10.4 Å². The molecule has 0 spiro atoms. The van der Waals surface area contributed by atoms with Crippen LogP contribution in [0.2, 0.25) is 0 Å². The van der Waals surface area contributed by atoms with Crippen LogP contribution in [0.1, 0.15) is 0 Å². The number of thiazole rings is 1. The van der Waals surface area contributed by atoms with Crippen LogP contribution in [0, 0.1) is 0 Å². The zero-order valence-corrected chi connectivity index (χ0v) is 8.80. The minimum Gasteiger partial charge on any atom is -0.389 e. The molecule has 2 rings (SSSR count). The lowest BCUT2D eigenvalue weighted by Gasteiger charge is -2.09. The number of hydrogen-bond donors (Lipinski definition) is 2. The van der Waals surface area contributed by atoms with Gasteiger partial charge in [-0.2, -0.15) is 0 Å². The Balaban J connectivity index is 2.08. The molecule has 1 unspecified atom stereocenters. The highest BCUT2D eigenvalue weighted by Gasteiger charge is 2.03. The molecular weight excluding hydrogens is 215 g/mol. The predicted molar refractivity (Wildman–Crippen MR) is 60.1 cm³/mol. The van der Waals surface area contributed by atoms with E-state index in [1.165, 1.54) is 0 Å². The average Bonchev–Trinajstić information content (AvgIpc) is 2.72. The Morgan fingerprint density at radius 1 is 1.53 bits per heavy atom. The van der Waals surface area contributed by atoms with E-state index in [-0.39, 0.29) is 6.54 Å². The normalized spacial score (nSPS) is 12.9. The molecule has 1 aromatic carbocycles. The smallest absolute Gasteiger partial charge is 0.117 e. The molecule has 0 fully saturated rings. The molecule has 5 heteroatoms. The topological polar surface area (TPSA) is 45.1 Å². The van der Waals surface area contributed by atoms with Crippen LogP contribution in [0.3, 0.4) is 0 Å². The molecule has 0 saturated heterocycles. The van der Waals surface area contributed by atoms with E-state index in [0.717, 1.165) is 15.9 Å². The first-order valence-electron chi connectivity index (χ1n) is 4.61. The van der Waals surface area contributed by atoms with Crippen molar-refractivity contribution in [2.75, 3.05) is 18.5 Å². The van der Waals surface area contributed by atoms with Crippen LogP contribution in [-0.4, -0.2) is 29.4 Å². The number of benzene rings is 1. The summed E-state index contributed by atoms with van der Waals surface area (Å²) in [4.78, 5) is 4.15. The summed E-state index contributed by atoms with van der Waals surface area (Å²) in [5, 5.41) is 12.0. The van der Waals surface area contributed by atoms with Gasteiger partial charge in [-0.05, 0) is 18.2 Å². The number of aromatic nitrogens is 1. The lowest BCUT2D eigenvalue weighted by atomic mass is 10.3. The highest BCUT2D eigenvalue weighted by atomic mass is 32.1. The molecule has 80 valence electrons. The Kier molecular flexibility index (Phi) is 3.13. The number of halogens is 1. The molecule has 0 aliphatic rings. The number of nitrogens with zero attached hydrogens (tertiary/aromatic N) is 1. The first kappa shape index (κ1) is 10.3. The molecule has 0 aliphatic carbocycles. The molecule has 0 aliphatic heterocycles. The van der Waals surface area contributed by atoms with Crippen LogP contribution in [0.4, 0.5) is 10.1 Å². The Morgan fingerprint density at radius 2 is 2.40 bits per heavy atom. The molecule has 0 saturated carbocycles. The van der Waals surface area contributed by atoms with Crippen molar-refractivity contribution in [3.63, 3.8) is 0 Å². The van der Waals surface area contributed by atoms with Gasteiger partial charge in [0.05, 0.1) is 21.8 Å². The lowest BCUT2D eigenvalue weighted by Crippen LogP contribution is -2.21. The number of hydrogen-bond acceptors (Lipinski definition) is 4. The van der Waals surface area contributed by atoms with E-state index in [1.807, 2.05) is 18.2 Å². The maximum atomic E-state index is 12.0. The number of aliphatic hydroxyl groups is 1. The van der Waals surface area contributed by atoms with Crippen molar-refractivity contribution in [3.05, 3.63) is 23.7 Å². The van der Waals surface area contributed by atoms with Crippen LogP contribution < -0.4 is 5.32 Å². The first-order valence-corrected chi connectivity index (χ1v) is 5.48. The second kappa shape index (κ2) is 4.55. The van der Waals surface area contributed by atoms with E-state index in [1.54, 1.807) is 16.8 Å². The molecule has 1 heterocycles. The predicted octanol–water partition coefficient (Wildman–Crippen LogP) is 2.04. The van der Waals surface area contributed by atoms with E-state index in [2.05, 4.69) is 10.3 Å². The van der Waals surface area contributed by atoms with Crippen molar-refractivity contribution in [2.45, 2.75) is 6.10 Å². The Labute approximate surface area is 90.6 Å². The van der Waals surface area contributed by atoms with E-state index < -0.39 is 12.8 Å². The van der Waals surface area contributed by atoms with Crippen molar-refractivity contribution in [2.24, 2.45) is 0 Å². The fourth-order valence-corrected chi connectivity index (χ4v) is 1.97. The highest BCUT2D eigenvalue weighted by Crippen LogP contribution is 2.21. The second-order valence-corrected chi connectivity index (χ2v) is 4.11. The largest absolute Gasteiger partial charge is 0.389 e.